The van der Waals surface area contributed by atoms with Crippen molar-refractivity contribution in [3.63, 3.8) is 0 Å². The first-order chi connectivity index (χ1) is 11.1. The van der Waals surface area contributed by atoms with Crippen LogP contribution in [0.5, 0.6) is 0 Å². The molecule has 3 nitrogen and oxygen atoms in total. The SMILES string of the molecule is Cc1ccc(/C=C/C(=O)CCCOC(=O)c2ccccc2)cc1. The van der Waals surface area contributed by atoms with E-state index >= 15 is 0 Å². The number of hydrogen-bond acceptors (Lipinski definition) is 3. The van der Waals surface area contributed by atoms with Crippen LogP contribution in [0.3, 0.4) is 0 Å². The van der Waals surface area contributed by atoms with Gasteiger partial charge in [-0.3, -0.25) is 4.79 Å². The summed E-state index contributed by atoms with van der Waals surface area (Å²) >= 11 is 0. The third-order valence-electron chi connectivity index (χ3n) is 3.35. The predicted octanol–water partition coefficient (Wildman–Crippen LogP) is 4.21. The van der Waals surface area contributed by atoms with Gasteiger partial charge in [-0.2, -0.15) is 0 Å². The second kappa shape index (κ2) is 8.69. The highest BCUT2D eigenvalue weighted by molar-refractivity contribution is 5.93. The summed E-state index contributed by atoms with van der Waals surface area (Å²) in [6.07, 6.45) is 4.27. The average molecular weight is 308 g/mol. The van der Waals surface area contributed by atoms with Crippen molar-refractivity contribution in [3.05, 3.63) is 77.4 Å². The van der Waals surface area contributed by atoms with E-state index in [9.17, 15) is 9.59 Å². The Morgan fingerprint density at radius 2 is 1.70 bits per heavy atom. The molecule has 0 aromatic heterocycles. The Morgan fingerprint density at radius 3 is 2.39 bits per heavy atom. The maximum absolute atomic E-state index is 11.8. The Kier molecular flexibility index (Phi) is 6.30. The minimum atomic E-state index is -0.353. The van der Waals surface area contributed by atoms with Crippen molar-refractivity contribution < 1.29 is 14.3 Å². The van der Waals surface area contributed by atoms with Gasteiger partial charge in [-0.25, -0.2) is 4.79 Å². The zero-order valence-electron chi connectivity index (χ0n) is 13.2. The van der Waals surface area contributed by atoms with Crippen LogP contribution >= 0.6 is 0 Å². The number of carbonyl (C=O) groups is 2. The van der Waals surface area contributed by atoms with Gasteiger partial charge in [0.1, 0.15) is 0 Å². The average Bonchev–Trinajstić information content (AvgIpc) is 2.59. The minimum Gasteiger partial charge on any atom is -0.462 e. The third kappa shape index (κ3) is 5.91. The molecule has 23 heavy (non-hydrogen) atoms. The van der Waals surface area contributed by atoms with Crippen LogP contribution in [0, 0.1) is 6.92 Å². The molecule has 0 aliphatic carbocycles. The molecule has 0 amide bonds. The Hall–Kier alpha value is -2.68. The fourth-order valence-corrected chi connectivity index (χ4v) is 2.02. The molecule has 0 saturated carbocycles. The first-order valence-electron chi connectivity index (χ1n) is 7.65. The summed E-state index contributed by atoms with van der Waals surface area (Å²) in [5.41, 5.74) is 2.71. The Balaban J connectivity index is 1.69. The van der Waals surface area contributed by atoms with Crippen molar-refractivity contribution in [2.24, 2.45) is 0 Å². The summed E-state index contributed by atoms with van der Waals surface area (Å²) in [4.78, 5) is 23.5. The summed E-state index contributed by atoms with van der Waals surface area (Å²) < 4.78 is 5.14. The standard InChI is InChI=1S/C20H20O3/c1-16-9-11-17(12-10-16)13-14-19(21)8-5-15-23-20(22)18-6-3-2-4-7-18/h2-4,6-7,9-14H,5,8,15H2,1H3/b14-13+. The summed E-state index contributed by atoms with van der Waals surface area (Å²) in [6, 6.07) is 16.8. The molecule has 2 rings (SSSR count). The number of benzene rings is 2. The van der Waals surface area contributed by atoms with Crippen LogP contribution < -0.4 is 0 Å². The largest absolute Gasteiger partial charge is 0.462 e. The Morgan fingerprint density at radius 1 is 1.00 bits per heavy atom. The van der Waals surface area contributed by atoms with Crippen molar-refractivity contribution in [1.29, 1.82) is 0 Å². The summed E-state index contributed by atoms with van der Waals surface area (Å²) in [5.74, 6) is -0.324. The van der Waals surface area contributed by atoms with E-state index < -0.39 is 0 Å². The Bertz CT molecular complexity index is 670. The fraction of sp³-hybridized carbons (Fsp3) is 0.200. The van der Waals surface area contributed by atoms with E-state index in [-0.39, 0.29) is 18.4 Å². The molecule has 2 aromatic carbocycles. The second-order valence-corrected chi connectivity index (χ2v) is 5.32. The van der Waals surface area contributed by atoms with Crippen molar-refractivity contribution in [1.82, 2.24) is 0 Å². The smallest absolute Gasteiger partial charge is 0.338 e. The topological polar surface area (TPSA) is 43.4 Å². The maximum Gasteiger partial charge on any atom is 0.338 e. The van der Waals surface area contributed by atoms with Crippen LogP contribution in [-0.4, -0.2) is 18.4 Å². The van der Waals surface area contributed by atoms with Crippen LogP contribution in [0.4, 0.5) is 0 Å². The zero-order valence-corrected chi connectivity index (χ0v) is 13.2. The monoisotopic (exact) mass is 308 g/mol. The molecule has 0 heterocycles. The molecule has 0 N–H and O–H groups in total. The van der Waals surface area contributed by atoms with E-state index in [1.165, 1.54) is 5.56 Å². The Labute approximate surface area is 136 Å². The van der Waals surface area contributed by atoms with Crippen molar-refractivity contribution in [2.75, 3.05) is 6.61 Å². The van der Waals surface area contributed by atoms with Crippen LogP contribution in [0.1, 0.15) is 34.3 Å². The number of ketones is 1. The normalized spacial score (nSPS) is 10.7. The molecule has 0 atom stereocenters. The summed E-state index contributed by atoms with van der Waals surface area (Å²) in [5, 5.41) is 0. The van der Waals surface area contributed by atoms with E-state index in [0.717, 1.165) is 5.56 Å². The number of carbonyl (C=O) groups excluding carboxylic acids is 2. The van der Waals surface area contributed by atoms with Crippen LogP contribution in [0.15, 0.2) is 60.7 Å². The van der Waals surface area contributed by atoms with Crippen LogP contribution in [0.2, 0.25) is 0 Å². The minimum absolute atomic E-state index is 0.0290. The molecular formula is C20H20O3. The first-order valence-corrected chi connectivity index (χ1v) is 7.65. The molecule has 3 heteroatoms. The first kappa shape index (κ1) is 16.7. The molecule has 0 saturated heterocycles. The molecule has 0 spiro atoms. The summed E-state index contributed by atoms with van der Waals surface area (Å²) in [6.45, 7) is 2.27. The van der Waals surface area contributed by atoms with Gasteiger partial charge in [-0.1, -0.05) is 54.1 Å². The molecular weight excluding hydrogens is 288 g/mol. The van der Waals surface area contributed by atoms with Gasteiger partial charge >= 0.3 is 5.97 Å². The predicted molar refractivity (Wildman–Crippen MR) is 91.2 cm³/mol. The van der Waals surface area contributed by atoms with E-state index in [2.05, 4.69) is 0 Å². The molecule has 0 bridgehead atoms. The lowest BCUT2D eigenvalue weighted by atomic mass is 10.1. The maximum atomic E-state index is 11.8. The van der Waals surface area contributed by atoms with Crippen LogP contribution in [0.25, 0.3) is 6.08 Å². The van der Waals surface area contributed by atoms with Crippen molar-refractivity contribution in [2.45, 2.75) is 19.8 Å². The van der Waals surface area contributed by atoms with E-state index in [0.29, 0.717) is 18.4 Å². The lowest BCUT2D eigenvalue weighted by Gasteiger charge is -2.03. The lowest BCUT2D eigenvalue weighted by Crippen LogP contribution is -2.07. The van der Waals surface area contributed by atoms with Gasteiger partial charge in [0.25, 0.3) is 0 Å². The van der Waals surface area contributed by atoms with Gasteiger partial charge in [0, 0.05) is 6.42 Å². The highest BCUT2D eigenvalue weighted by Gasteiger charge is 2.05. The number of ether oxygens (including phenoxy) is 1. The molecule has 0 fully saturated rings. The molecule has 0 unspecified atom stereocenters. The third-order valence-corrected chi connectivity index (χ3v) is 3.35. The fourth-order valence-electron chi connectivity index (χ4n) is 2.02. The lowest BCUT2D eigenvalue weighted by molar-refractivity contribution is -0.114. The van der Waals surface area contributed by atoms with E-state index in [4.69, 9.17) is 4.74 Å². The number of aryl methyl sites for hydroxylation is 1. The molecule has 0 radical (unpaired) electrons. The zero-order chi connectivity index (χ0) is 16.5. The number of hydrogen-bond donors (Lipinski definition) is 0. The van der Waals surface area contributed by atoms with Gasteiger partial charge in [-0.05, 0) is 37.1 Å². The number of allylic oxidation sites excluding steroid dienone is 1. The highest BCUT2D eigenvalue weighted by atomic mass is 16.5. The van der Waals surface area contributed by atoms with Crippen molar-refractivity contribution >= 4 is 17.8 Å². The highest BCUT2D eigenvalue weighted by Crippen LogP contribution is 2.06. The van der Waals surface area contributed by atoms with Gasteiger partial charge in [-0.15, -0.1) is 0 Å². The van der Waals surface area contributed by atoms with E-state index in [1.807, 2.05) is 37.3 Å². The number of rotatable bonds is 7. The molecule has 0 aliphatic heterocycles. The van der Waals surface area contributed by atoms with Gasteiger partial charge in [0.15, 0.2) is 5.78 Å². The molecule has 118 valence electrons. The molecule has 2 aromatic rings. The number of esters is 1. The van der Waals surface area contributed by atoms with Crippen LogP contribution in [-0.2, 0) is 9.53 Å². The van der Waals surface area contributed by atoms with Gasteiger partial charge in [0.05, 0.1) is 12.2 Å². The second-order valence-electron chi connectivity index (χ2n) is 5.32. The van der Waals surface area contributed by atoms with Gasteiger partial charge in [0.2, 0.25) is 0 Å². The van der Waals surface area contributed by atoms with Crippen molar-refractivity contribution in [3.8, 4) is 0 Å². The quantitative estimate of drug-likeness (QED) is 0.437. The van der Waals surface area contributed by atoms with Gasteiger partial charge < -0.3 is 4.74 Å². The summed E-state index contributed by atoms with van der Waals surface area (Å²) in [7, 11) is 0. The van der Waals surface area contributed by atoms with E-state index in [1.54, 1.807) is 36.4 Å². The molecule has 0 aliphatic rings.